The van der Waals surface area contributed by atoms with Crippen LogP contribution in [0.5, 0.6) is 5.75 Å². The van der Waals surface area contributed by atoms with Crippen LogP contribution in [0, 0.1) is 11.7 Å². The Balaban J connectivity index is 1.53. The topological polar surface area (TPSA) is 49.9 Å². The Morgan fingerprint density at radius 1 is 1.14 bits per heavy atom. The Hall–Kier alpha value is -3.19. The highest BCUT2D eigenvalue weighted by Crippen LogP contribution is 2.34. The third kappa shape index (κ3) is 6.28. The fourth-order valence-corrected chi connectivity index (χ4v) is 5.22. The molecular weight excluding hydrogens is 463 g/mol. The van der Waals surface area contributed by atoms with Crippen molar-refractivity contribution >= 4 is 23.2 Å². The van der Waals surface area contributed by atoms with E-state index in [4.69, 9.17) is 4.74 Å². The highest BCUT2D eigenvalue weighted by Gasteiger charge is 2.33. The Labute approximate surface area is 210 Å². The lowest BCUT2D eigenvalue weighted by atomic mass is 10.00. The smallest absolute Gasteiger partial charge is 0.254 e. The molecule has 0 radical (unpaired) electrons. The first-order chi connectivity index (χ1) is 16.9. The van der Waals surface area contributed by atoms with Crippen LogP contribution in [0.25, 0.3) is 0 Å². The largest absolute Gasteiger partial charge is 0.491 e. The molecule has 2 heterocycles. The summed E-state index contributed by atoms with van der Waals surface area (Å²) in [5.74, 6) is 0.191. The lowest BCUT2D eigenvalue weighted by Crippen LogP contribution is -2.48. The van der Waals surface area contributed by atoms with Gasteiger partial charge >= 0.3 is 0 Å². The predicted molar refractivity (Wildman–Crippen MR) is 136 cm³/mol. The molecule has 0 N–H and O–H groups in total. The molecule has 0 saturated carbocycles. The zero-order valence-electron chi connectivity index (χ0n) is 20.2. The van der Waals surface area contributed by atoms with Crippen molar-refractivity contribution in [2.24, 2.45) is 5.92 Å². The van der Waals surface area contributed by atoms with Gasteiger partial charge in [-0.05, 0) is 66.1 Å². The van der Waals surface area contributed by atoms with Gasteiger partial charge in [0, 0.05) is 23.5 Å². The molecule has 0 saturated heterocycles. The Morgan fingerprint density at radius 3 is 2.69 bits per heavy atom. The number of para-hydroxylation sites is 1. The van der Waals surface area contributed by atoms with Crippen molar-refractivity contribution in [3.05, 3.63) is 87.9 Å². The zero-order chi connectivity index (χ0) is 24.8. The number of fused-ring (bicyclic) bond motifs is 1. The third-order valence-corrected chi connectivity index (χ3v) is 7.22. The van der Waals surface area contributed by atoms with E-state index < -0.39 is 5.82 Å². The second-order valence-corrected chi connectivity index (χ2v) is 10.2. The van der Waals surface area contributed by atoms with E-state index in [1.807, 2.05) is 35.2 Å². The number of carbonyl (C=O) groups excluding carboxylic acids is 2. The molecule has 0 spiro atoms. The van der Waals surface area contributed by atoms with Crippen molar-refractivity contribution in [2.75, 3.05) is 26.2 Å². The molecule has 4 rings (SSSR count). The second-order valence-electron chi connectivity index (χ2n) is 9.20. The van der Waals surface area contributed by atoms with Crippen LogP contribution in [-0.4, -0.2) is 47.9 Å². The van der Waals surface area contributed by atoms with E-state index >= 15 is 0 Å². The molecule has 3 aromatic rings. The molecule has 2 aromatic carbocycles. The molecule has 1 aliphatic heterocycles. The van der Waals surface area contributed by atoms with Gasteiger partial charge in [0.2, 0.25) is 5.91 Å². The predicted octanol–water partition coefficient (Wildman–Crippen LogP) is 5.58. The highest BCUT2D eigenvalue weighted by molar-refractivity contribution is 7.10. The lowest BCUT2D eigenvalue weighted by molar-refractivity contribution is -0.135. The fourth-order valence-electron chi connectivity index (χ4n) is 4.29. The molecule has 1 atom stereocenters. The summed E-state index contributed by atoms with van der Waals surface area (Å²) in [6.07, 6.45) is 1.54. The second kappa shape index (κ2) is 11.5. The van der Waals surface area contributed by atoms with Gasteiger partial charge in [-0.3, -0.25) is 9.59 Å². The lowest BCUT2D eigenvalue weighted by Gasteiger charge is -2.37. The SMILES string of the molecule is CC(C)CCN(CC(=O)N1CCc2sccc2[C@@H]1COc1ccccc1)C(=O)c1cccc(F)c1. The summed E-state index contributed by atoms with van der Waals surface area (Å²) in [6.45, 7) is 5.44. The minimum absolute atomic E-state index is 0.0522. The van der Waals surface area contributed by atoms with Crippen LogP contribution in [0.4, 0.5) is 4.39 Å². The van der Waals surface area contributed by atoms with Crippen LogP contribution in [-0.2, 0) is 11.2 Å². The van der Waals surface area contributed by atoms with Gasteiger partial charge in [0.25, 0.3) is 5.91 Å². The molecule has 0 fully saturated rings. The van der Waals surface area contributed by atoms with Gasteiger partial charge in [-0.2, -0.15) is 0 Å². The Kier molecular flexibility index (Phi) is 8.18. The van der Waals surface area contributed by atoms with Crippen molar-refractivity contribution < 1.29 is 18.7 Å². The van der Waals surface area contributed by atoms with Crippen molar-refractivity contribution in [3.63, 3.8) is 0 Å². The van der Waals surface area contributed by atoms with Crippen LogP contribution in [0.15, 0.2) is 66.0 Å². The van der Waals surface area contributed by atoms with Crippen molar-refractivity contribution in [3.8, 4) is 5.75 Å². The first-order valence-electron chi connectivity index (χ1n) is 12.0. The number of nitrogens with zero attached hydrogens (tertiary/aromatic N) is 2. The minimum Gasteiger partial charge on any atom is -0.491 e. The number of amides is 2. The summed E-state index contributed by atoms with van der Waals surface area (Å²) >= 11 is 1.70. The maximum absolute atomic E-state index is 13.8. The molecule has 0 bridgehead atoms. The molecule has 5 nitrogen and oxygen atoms in total. The molecule has 7 heteroatoms. The number of ether oxygens (including phenoxy) is 1. The summed E-state index contributed by atoms with van der Waals surface area (Å²) in [6, 6.07) is 17.0. The van der Waals surface area contributed by atoms with Crippen LogP contribution in [0.1, 0.15) is 47.1 Å². The first kappa shape index (κ1) is 24.9. The third-order valence-electron chi connectivity index (χ3n) is 6.23. The Morgan fingerprint density at radius 2 is 1.94 bits per heavy atom. The number of hydrogen-bond acceptors (Lipinski definition) is 4. The van der Waals surface area contributed by atoms with E-state index in [-0.39, 0.29) is 30.0 Å². The van der Waals surface area contributed by atoms with E-state index in [2.05, 4.69) is 25.3 Å². The van der Waals surface area contributed by atoms with Gasteiger partial charge in [0.1, 0.15) is 24.7 Å². The standard InChI is InChI=1S/C28H31FN2O3S/c1-20(2)11-14-30(28(33)21-7-6-8-22(29)17-21)18-27(32)31-15-12-26-24(13-16-35-26)25(31)19-34-23-9-4-3-5-10-23/h3-10,13,16-17,20,25H,11-12,14-15,18-19H2,1-2H3/t25-/m0/s1. The first-order valence-corrected chi connectivity index (χ1v) is 12.9. The van der Waals surface area contributed by atoms with Crippen molar-refractivity contribution in [2.45, 2.75) is 32.7 Å². The van der Waals surface area contributed by atoms with Gasteiger partial charge in [-0.15, -0.1) is 11.3 Å². The average molecular weight is 495 g/mol. The number of benzene rings is 2. The summed E-state index contributed by atoms with van der Waals surface area (Å²) < 4.78 is 19.8. The molecule has 1 aliphatic rings. The molecule has 0 unspecified atom stereocenters. The molecule has 2 amide bonds. The van der Waals surface area contributed by atoms with Crippen molar-refractivity contribution in [1.82, 2.24) is 9.80 Å². The molecule has 35 heavy (non-hydrogen) atoms. The van der Waals surface area contributed by atoms with Gasteiger partial charge in [0.05, 0.1) is 6.04 Å². The number of hydrogen-bond donors (Lipinski definition) is 0. The quantitative estimate of drug-likeness (QED) is 0.390. The summed E-state index contributed by atoms with van der Waals surface area (Å²) in [7, 11) is 0. The van der Waals surface area contributed by atoms with E-state index in [0.29, 0.717) is 25.6 Å². The van der Waals surface area contributed by atoms with Gasteiger partial charge < -0.3 is 14.5 Å². The maximum Gasteiger partial charge on any atom is 0.254 e. The Bertz CT molecular complexity index is 1150. The van der Waals surface area contributed by atoms with Gasteiger partial charge in [-0.25, -0.2) is 4.39 Å². The maximum atomic E-state index is 13.8. The summed E-state index contributed by atoms with van der Waals surface area (Å²) in [5.41, 5.74) is 1.36. The summed E-state index contributed by atoms with van der Waals surface area (Å²) in [5, 5.41) is 2.05. The van der Waals surface area contributed by atoms with Crippen molar-refractivity contribution in [1.29, 1.82) is 0 Å². The number of carbonyl (C=O) groups is 2. The molecular formula is C28H31FN2O3S. The minimum atomic E-state index is -0.467. The van der Waals surface area contributed by atoms with Crippen LogP contribution >= 0.6 is 11.3 Å². The van der Waals surface area contributed by atoms with E-state index in [9.17, 15) is 14.0 Å². The van der Waals surface area contributed by atoms with E-state index in [1.165, 1.54) is 23.1 Å². The normalized spacial score (nSPS) is 15.1. The molecule has 1 aromatic heterocycles. The summed E-state index contributed by atoms with van der Waals surface area (Å²) in [4.78, 5) is 31.5. The number of halogens is 1. The van der Waals surface area contributed by atoms with Crippen LogP contribution in [0.2, 0.25) is 0 Å². The number of thiophene rings is 1. The monoisotopic (exact) mass is 494 g/mol. The average Bonchev–Trinajstić information content (AvgIpc) is 3.34. The molecule has 0 aliphatic carbocycles. The van der Waals surface area contributed by atoms with Gasteiger partial charge in [0.15, 0.2) is 0 Å². The van der Waals surface area contributed by atoms with Crippen LogP contribution < -0.4 is 4.74 Å². The van der Waals surface area contributed by atoms with Gasteiger partial charge in [-0.1, -0.05) is 38.1 Å². The zero-order valence-corrected chi connectivity index (χ0v) is 21.0. The van der Waals surface area contributed by atoms with E-state index in [1.54, 1.807) is 22.3 Å². The fraction of sp³-hybridized carbons (Fsp3) is 0.357. The highest BCUT2D eigenvalue weighted by atomic mass is 32.1. The van der Waals surface area contributed by atoms with E-state index in [0.717, 1.165) is 24.2 Å². The van der Waals surface area contributed by atoms with Crippen LogP contribution in [0.3, 0.4) is 0 Å². The molecule has 184 valence electrons. The number of rotatable bonds is 9.